The highest BCUT2D eigenvalue weighted by Crippen LogP contribution is 2.06. The molecular weight excluding hydrogens is 310 g/mol. The van der Waals surface area contributed by atoms with Crippen LogP contribution in [0.25, 0.3) is 0 Å². The van der Waals surface area contributed by atoms with Crippen LogP contribution < -0.4 is 21.9 Å². The molecule has 118 valence electrons. The number of nitrogens with two attached hydrogens (primary N) is 3. The number of benzene rings is 1. The number of nitrogens with zero attached hydrogens (tertiary/aromatic N) is 3. The van der Waals surface area contributed by atoms with E-state index in [-0.39, 0.29) is 22.7 Å². The van der Waals surface area contributed by atoms with E-state index in [1.54, 1.807) is 12.1 Å². The minimum absolute atomic E-state index is 0.0261. The lowest BCUT2D eigenvalue weighted by atomic mass is 10.2. The minimum atomic E-state index is -3.52. The number of hydrogen-bond acceptors (Lipinski definition) is 8. The summed E-state index contributed by atoms with van der Waals surface area (Å²) >= 11 is 0. The third-order valence-electron chi connectivity index (χ3n) is 2.21. The van der Waals surface area contributed by atoms with Gasteiger partial charge in [-0.3, -0.25) is 10.1 Å². The lowest BCUT2D eigenvalue weighted by Gasteiger charge is -1.97. The standard InChI is InChI=1S/C7H9NO2S.C4H6N6O/c1-6-2-4-7(5-3-6)11(8,9)10;5-2-8-3(6)10-4(9-2)7-1-11/h2-5H,1H3,(H2,8,9,10);1H,(H5,5,6,7,8,9,10,11). The van der Waals surface area contributed by atoms with Crippen LogP contribution in [0.5, 0.6) is 0 Å². The van der Waals surface area contributed by atoms with Crippen LogP contribution in [0.4, 0.5) is 17.8 Å². The SMILES string of the molecule is Cc1ccc(S(N)(=O)=O)cc1.Nc1nc(N)nc(NC=O)n1. The van der Waals surface area contributed by atoms with E-state index >= 15 is 0 Å². The molecule has 0 atom stereocenters. The van der Waals surface area contributed by atoms with Crippen molar-refractivity contribution < 1.29 is 13.2 Å². The number of amides is 1. The summed E-state index contributed by atoms with van der Waals surface area (Å²) < 4.78 is 21.4. The normalized spacial score (nSPS) is 10.3. The van der Waals surface area contributed by atoms with Gasteiger partial charge in [-0.05, 0) is 19.1 Å². The number of aryl methyl sites for hydroxylation is 1. The molecule has 0 saturated carbocycles. The molecular formula is C11H15N7O3S. The molecule has 7 N–H and O–H groups in total. The number of hydrogen-bond donors (Lipinski definition) is 4. The minimum Gasteiger partial charge on any atom is -0.368 e. The number of nitrogen functional groups attached to an aromatic ring is 2. The quantitative estimate of drug-likeness (QED) is 0.531. The van der Waals surface area contributed by atoms with Gasteiger partial charge in [-0.1, -0.05) is 17.7 Å². The molecule has 1 aromatic carbocycles. The summed E-state index contributed by atoms with van der Waals surface area (Å²) in [6, 6.07) is 6.40. The molecule has 0 unspecified atom stereocenters. The molecule has 0 spiro atoms. The van der Waals surface area contributed by atoms with Crippen molar-refractivity contribution in [1.82, 2.24) is 15.0 Å². The number of anilines is 3. The van der Waals surface area contributed by atoms with Crippen LogP contribution in [0.1, 0.15) is 5.56 Å². The van der Waals surface area contributed by atoms with Gasteiger partial charge in [0.2, 0.25) is 34.3 Å². The molecule has 0 bridgehead atoms. The van der Waals surface area contributed by atoms with E-state index in [1.807, 2.05) is 6.92 Å². The van der Waals surface area contributed by atoms with Crippen LogP contribution in [0.3, 0.4) is 0 Å². The van der Waals surface area contributed by atoms with Crippen LogP contribution >= 0.6 is 0 Å². The Labute approximate surface area is 126 Å². The number of carbonyl (C=O) groups excluding carboxylic acids is 1. The molecule has 10 nitrogen and oxygen atoms in total. The van der Waals surface area contributed by atoms with E-state index in [1.165, 1.54) is 12.1 Å². The van der Waals surface area contributed by atoms with Crippen molar-refractivity contribution in [3.8, 4) is 0 Å². The second kappa shape index (κ2) is 7.28. The first-order chi connectivity index (χ1) is 10.2. The summed E-state index contributed by atoms with van der Waals surface area (Å²) in [5.41, 5.74) is 11.4. The van der Waals surface area contributed by atoms with Gasteiger partial charge in [0, 0.05) is 0 Å². The van der Waals surface area contributed by atoms with Crippen LogP contribution in [-0.4, -0.2) is 29.8 Å². The van der Waals surface area contributed by atoms with Gasteiger partial charge in [0.25, 0.3) is 0 Å². The van der Waals surface area contributed by atoms with Crippen molar-refractivity contribution in [3.05, 3.63) is 29.8 Å². The number of sulfonamides is 1. The summed E-state index contributed by atoms with van der Waals surface area (Å²) in [6.45, 7) is 1.88. The predicted octanol–water partition coefficient (Wildman–Crippen LogP) is -0.753. The largest absolute Gasteiger partial charge is 0.368 e. The Morgan fingerprint density at radius 3 is 1.95 bits per heavy atom. The number of aromatic nitrogens is 3. The molecule has 1 heterocycles. The average Bonchev–Trinajstić information content (AvgIpc) is 2.38. The van der Waals surface area contributed by atoms with Gasteiger partial charge in [-0.25, -0.2) is 13.6 Å². The fourth-order valence-electron chi connectivity index (χ4n) is 1.25. The molecule has 0 radical (unpaired) electrons. The lowest BCUT2D eigenvalue weighted by molar-refractivity contribution is -0.105. The fraction of sp³-hybridized carbons (Fsp3) is 0.0909. The van der Waals surface area contributed by atoms with E-state index in [0.717, 1.165) is 5.56 Å². The van der Waals surface area contributed by atoms with E-state index in [2.05, 4.69) is 20.3 Å². The second-order valence-electron chi connectivity index (χ2n) is 4.00. The van der Waals surface area contributed by atoms with Crippen molar-refractivity contribution in [2.75, 3.05) is 16.8 Å². The molecule has 2 aromatic rings. The van der Waals surface area contributed by atoms with Crippen LogP contribution in [0.15, 0.2) is 29.2 Å². The van der Waals surface area contributed by atoms with Gasteiger partial charge in [-0.2, -0.15) is 15.0 Å². The first kappa shape index (κ1) is 17.3. The fourth-order valence-corrected chi connectivity index (χ4v) is 1.77. The zero-order chi connectivity index (χ0) is 16.8. The summed E-state index contributed by atoms with van der Waals surface area (Å²) in [6.07, 6.45) is 0.425. The average molecular weight is 325 g/mol. The Morgan fingerprint density at radius 1 is 1.05 bits per heavy atom. The number of primary sulfonamides is 1. The van der Waals surface area contributed by atoms with Crippen molar-refractivity contribution in [1.29, 1.82) is 0 Å². The zero-order valence-electron chi connectivity index (χ0n) is 11.6. The Morgan fingerprint density at radius 2 is 1.55 bits per heavy atom. The maximum atomic E-state index is 10.7. The predicted molar refractivity (Wildman–Crippen MR) is 80.9 cm³/mol. The van der Waals surface area contributed by atoms with E-state index in [0.29, 0.717) is 6.41 Å². The molecule has 0 fully saturated rings. The molecule has 1 amide bonds. The monoisotopic (exact) mass is 325 g/mol. The highest BCUT2D eigenvalue weighted by atomic mass is 32.2. The summed E-state index contributed by atoms with van der Waals surface area (Å²) in [7, 11) is -3.52. The molecule has 2 rings (SSSR count). The van der Waals surface area contributed by atoms with E-state index in [9.17, 15) is 13.2 Å². The number of rotatable bonds is 3. The third-order valence-corrected chi connectivity index (χ3v) is 3.14. The Hall–Kier alpha value is -2.79. The van der Waals surface area contributed by atoms with Gasteiger partial charge in [-0.15, -0.1) is 0 Å². The topological polar surface area (TPSA) is 180 Å². The highest BCUT2D eigenvalue weighted by molar-refractivity contribution is 7.89. The van der Waals surface area contributed by atoms with Gasteiger partial charge in [0.15, 0.2) is 0 Å². The first-order valence-corrected chi connectivity index (χ1v) is 7.33. The number of nitrogens with one attached hydrogen (secondary N) is 1. The van der Waals surface area contributed by atoms with Crippen molar-refractivity contribution in [3.63, 3.8) is 0 Å². The Kier molecular flexibility index (Phi) is 5.72. The maximum absolute atomic E-state index is 10.7. The first-order valence-electron chi connectivity index (χ1n) is 5.79. The van der Waals surface area contributed by atoms with Crippen LogP contribution in [-0.2, 0) is 14.8 Å². The van der Waals surface area contributed by atoms with Gasteiger partial charge in [0.05, 0.1) is 4.90 Å². The molecule has 0 aliphatic rings. The van der Waals surface area contributed by atoms with Gasteiger partial charge >= 0.3 is 0 Å². The van der Waals surface area contributed by atoms with Crippen LogP contribution in [0, 0.1) is 6.92 Å². The van der Waals surface area contributed by atoms with Crippen molar-refractivity contribution in [2.45, 2.75) is 11.8 Å². The molecule has 0 aliphatic carbocycles. The Bertz CT molecular complexity index is 727. The Balaban J connectivity index is 0.000000220. The van der Waals surface area contributed by atoms with E-state index < -0.39 is 10.0 Å². The number of carbonyl (C=O) groups is 1. The highest BCUT2D eigenvalue weighted by Gasteiger charge is 2.04. The molecule has 0 aliphatic heterocycles. The molecule has 22 heavy (non-hydrogen) atoms. The molecule has 0 saturated heterocycles. The van der Waals surface area contributed by atoms with Gasteiger partial charge < -0.3 is 11.5 Å². The van der Waals surface area contributed by atoms with Crippen molar-refractivity contribution in [2.24, 2.45) is 5.14 Å². The molecule has 11 heteroatoms. The van der Waals surface area contributed by atoms with E-state index in [4.69, 9.17) is 16.6 Å². The van der Waals surface area contributed by atoms with Crippen molar-refractivity contribution >= 4 is 34.3 Å². The molecule has 1 aromatic heterocycles. The summed E-state index contributed by atoms with van der Waals surface area (Å²) in [5.74, 6) is -0.00583. The maximum Gasteiger partial charge on any atom is 0.238 e. The third kappa shape index (κ3) is 5.68. The lowest BCUT2D eigenvalue weighted by Crippen LogP contribution is -2.11. The van der Waals surface area contributed by atoms with Crippen LogP contribution in [0.2, 0.25) is 0 Å². The smallest absolute Gasteiger partial charge is 0.238 e. The summed E-state index contributed by atoms with van der Waals surface area (Å²) in [4.78, 5) is 20.7. The van der Waals surface area contributed by atoms with Gasteiger partial charge in [0.1, 0.15) is 0 Å². The zero-order valence-corrected chi connectivity index (χ0v) is 12.4. The second-order valence-corrected chi connectivity index (χ2v) is 5.56. The summed E-state index contributed by atoms with van der Waals surface area (Å²) in [5, 5.41) is 7.07.